The van der Waals surface area contributed by atoms with E-state index in [0.717, 1.165) is 38.4 Å². The molecular weight excluding hydrogens is 264 g/mol. The Kier molecular flexibility index (Phi) is 5.44. The maximum atomic E-state index is 11.7. The number of piperazine rings is 1. The second-order valence-electron chi connectivity index (χ2n) is 5.89. The minimum absolute atomic E-state index is 0.144. The van der Waals surface area contributed by atoms with Gasteiger partial charge in [0.1, 0.15) is 0 Å². The number of anilines is 2. The molecule has 0 bridgehead atoms. The third kappa shape index (κ3) is 4.93. The van der Waals surface area contributed by atoms with Crippen molar-refractivity contribution in [3.63, 3.8) is 0 Å². The molecule has 21 heavy (non-hydrogen) atoms. The van der Waals surface area contributed by atoms with Crippen molar-refractivity contribution < 1.29 is 4.79 Å². The van der Waals surface area contributed by atoms with Gasteiger partial charge in [-0.3, -0.25) is 9.69 Å². The van der Waals surface area contributed by atoms with Crippen molar-refractivity contribution in [1.29, 1.82) is 0 Å². The maximum absolute atomic E-state index is 11.7. The Morgan fingerprint density at radius 2 is 1.81 bits per heavy atom. The van der Waals surface area contributed by atoms with Gasteiger partial charge >= 0.3 is 0 Å². The quantitative estimate of drug-likeness (QED) is 0.803. The number of carbonyl (C=O) groups is 1. The lowest BCUT2D eigenvalue weighted by molar-refractivity contribution is -0.121. The molecule has 1 heterocycles. The average Bonchev–Trinajstić information content (AvgIpc) is 2.46. The minimum Gasteiger partial charge on any atom is -0.399 e. The van der Waals surface area contributed by atoms with Gasteiger partial charge in [0.25, 0.3) is 0 Å². The second kappa shape index (κ2) is 7.31. The second-order valence-corrected chi connectivity index (χ2v) is 5.89. The van der Waals surface area contributed by atoms with E-state index >= 15 is 0 Å². The number of amides is 1. The standard InChI is InChI=1S/C16H26N4O/c1-13(2)18-16(21)7-8-19-9-11-20(12-10-19)15-5-3-14(17)4-6-15/h3-6,13H,7-12,17H2,1-2H3,(H,18,21). The Balaban J connectivity index is 1.73. The molecule has 1 aromatic carbocycles. The summed E-state index contributed by atoms with van der Waals surface area (Å²) in [5.41, 5.74) is 7.74. The zero-order chi connectivity index (χ0) is 15.2. The molecule has 1 saturated heterocycles. The van der Waals surface area contributed by atoms with E-state index in [2.05, 4.69) is 27.2 Å². The van der Waals surface area contributed by atoms with Gasteiger partial charge in [0.2, 0.25) is 5.91 Å². The van der Waals surface area contributed by atoms with Crippen LogP contribution in [-0.2, 0) is 4.79 Å². The number of nitrogens with one attached hydrogen (secondary N) is 1. The maximum Gasteiger partial charge on any atom is 0.221 e. The van der Waals surface area contributed by atoms with Crippen LogP contribution in [0.4, 0.5) is 11.4 Å². The van der Waals surface area contributed by atoms with E-state index in [0.29, 0.717) is 6.42 Å². The van der Waals surface area contributed by atoms with Crippen LogP contribution in [0.15, 0.2) is 24.3 Å². The number of carbonyl (C=O) groups excluding carboxylic acids is 1. The third-order valence-electron chi connectivity index (χ3n) is 3.74. The number of nitrogens with two attached hydrogens (primary N) is 1. The van der Waals surface area contributed by atoms with Gasteiger partial charge in [-0.2, -0.15) is 0 Å². The van der Waals surface area contributed by atoms with E-state index in [4.69, 9.17) is 5.73 Å². The van der Waals surface area contributed by atoms with Crippen LogP contribution in [0.5, 0.6) is 0 Å². The van der Waals surface area contributed by atoms with Crippen molar-refractivity contribution in [2.24, 2.45) is 0 Å². The Bertz CT molecular complexity index is 450. The number of rotatable bonds is 5. The SMILES string of the molecule is CC(C)NC(=O)CCN1CCN(c2ccc(N)cc2)CC1. The highest BCUT2D eigenvalue weighted by molar-refractivity contribution is 5.76. The molecule has 0 aliphatic carbocycles. The Morgan fingerprint density at radius 3 is 2.38 bits per heavy atom. The lowest BCUT2D eigenvalue weighted by Gasteiger charge is -2.36. The van der Waals surface area contributed by atoms with Crippen molar-refractivity contribution in [3.05, 3.63) is 24.3 Å². The number of hydrogen-bond acceptors (Lipinski definition) is 4. The molecule has 5 nitrogen and oxygen atoms in total. The van der Waals surface area contributed by atoms with Crippen LogP contribution in [-0.4, -0.2) is 49.6 Å². The fourth-order valence-corrected chi connectivity index (χ4v) is 2.57. The number of nitrogens with zero attached hydrogens (tertiary/aromatic N) is 2. The summed E-state index contributed by atoms with van der Waals surface area (Å²) in [6, 6.07) is 8.25. The monoisotopic (exact) mass is 290 g/mol. The van der Waals surface area contributed by atoms with Crippen LogP contribution in [0.25, 0.3) is 0 Å². The average molecular weight is 290 g/mol. The van der Waals surface area contributed by atoms with Crippen molar-refractivity contribution in [3.8, 4) is 0 Å². The van der Waals surface area contributed by atoms with Crippen LogP contribution in [0.2, 0.25) is 0 Å². The van der Waals surface area contributed by atoms with Gasteiger partial charge in [-0.1, -0.05) is 0 Å². The van der Waals surface area contributed by atoms with Crippen molar-refractivity contribution in [2.45, 2.75) is 26.3 Å². The molecule has 1 fully saturated rings. The summed E-state index contributed by atoms with van der Waals surface area (Å²) in [5.74, 6) is 0.144. The zero-order valence-corrected chi connectivity index (χ0v) is 13.0. The molecule has 5 heteroatoms. The molecule has 0 aromatic heterocycles. The highest BCUT2D eigenvalue weighted by Gasteiger charge is 2.17. The first-order valence-electron chi connectivity index (χ1n) is 7.67. The molecule has 1 aliphatic rings. The summed E-state index contributed by atoms with van der Waals surface area (Å²) in [7, 11) is 0. The van der Waals surface area contributed by atoms with Crippen LogP contribution in [0.3, 0.4) is 0 Å². The molecule has 3 N–H and O–H groups in total. The van der Waals surface area contributed by atoms with Gasteiger partial charge in [0, 0.05) is 56.6 Å². The molecule has 116 valence electrons. The number of hydrogen-bond donors (Lipinski definition) is 2. The molecule has 0 radical (unpaired) electrons. The van der Waals surface area contributed by atoms with Gasteiger partial charge in [0.05, 0.1) is 0 Å². The van der Waals surface area contributed by atoms with Gasteiger partial charge in [0.15, 0.2) is 0 Å². The molecule has 1 aliphatic heterocycles. The summed E-state index contributed by atoms with van der Waals surface area (Å²) >= 11 is 0. The molecule has 0 unspecified atom stereocenters. The summed E-state index contributed by atoms with van der Waals surface area (Å²) < 4.78 is 0. The van der Waals surface area contributed by atoms with Gasteiger partial charge in [-0.25, -0.2) is 0 Å². The fourth-order valence-electron chi connectivity index (χ4n) is 2.57. The molecule has 1 aromatic rings. The third-order valence-corrected chi connectivity index (χ3v) is 3.74. The topological polar surface area (TPSA) is 61.6 Å². The highest BCUT2D eigenvalue weighted by atomic mass is 16.1. The normalized spacial score (nSPS) is 16.2. The van der Waals surface area contributed by atoms with E-state index in [1.807, 2.05) is 26.0 Å². The Labute approximate surface area is 127 Å². The predicted octanol–water partition coefficient (Wildman–Crippen LogP) is 1.31. The lowest BCUT2D eigenvalue weighted by atomic mass is 10.2. The summed E-state index contributed by atoms with van der Waals surface area (Å²) in [6.45, 7) is 8.81. The first kappa shape index (κ1) is 15.6. The van der Waals surface area contributed by atoms with E-state index in [-0.39, 0.29) is 11.9 Å². The molecule has 1 amide bonds. The molecule has 0 atom stereocenters. The largest absolute Gasteiger partial charge is 0.399 e. The highest BCUT2D eigenvalue weighted by Crippen LogP contribution is 2.18. The van der Waals surface area contributed by atoms with E-state index < -0.39 is 0 Å². The molecule has 2 rings (SSSR count). The van der Waals surface area contributed by atoms with Crippen LogP contribution in [0.1, 0.15) is 20.3 Å². The molecular formula is C16H26N4O. The van der Waals surface area contributed by atoms with Gasteiger partial charge < -0.3 is 16.0 Å². The van der Waals surface area contributed by atoms with Gasteiger partial charge in [-0.05, 0) is 38.1 Å². The van der Waals surface area contributed by atoms with Crippen molar-refractivity contribution >= 4 is 17.3 Å². The summed E-state index contributed by atoms with van der Waals surface area (Å²) in [6.07, 6.45) is 0.583. The van der Waals surface area contributed by atoms with E-state index in [9.17, 15) is 4.79 Å². The van der Waals surface area contributed by atoms with E-state index in [1.165, 1.54) is 5.69 Å². The van der Waals surface area contributed by atoms with Crippen LogP contribution < -0.4 is 16.0 Å². The first-order valence-corrected chi connectivity index (χ1v) is 7.67. The van der Waals surface area contributed by atoms with Crippen molar-refractivity contribution in [2.75, 3.05) is 43.4 Å². The van der Waals surface area contributed by atoms with Crippen LogP contribution in [0, 0.1) is 0 Å². The fraction of sp³-hybridized carbons (Fsp3) is 0.562. The molecule has 0 saturated carbocycles. The zero-order valence-electron chi connectivity index (χ0n) is 13.0. The summed E-state index contributed by atoms with van der Waals surface area (Å²) in [4.78, 5) is 16.4. The summed E-state index contributed by atoms with van der Waals surface area (Å²) in [5, 5.41) is 2.93. The first-order chi connectivity index (χ1) is 10.0. The number of benzene rings is 1. The minimum atomic E-state index is 0.144. The van der Waals surface area contributed by atoms with Crippen LogP contribution >= 0.6 is 0 Å². The lowest BCUT2D eigenvalue weighted by Crippen LogP contribution is -2.47. The number of nitrogen functional groups attached to an aromatic ring is 1. The Morgan fingerprint density at radius 1 is 1.19 bits per heavy atom. The predicted molar refractivity (Wildman–Crippen MR) is 87.4 cm³/mol. The van der Waals surface area contributed by atoms with Gasteiger partial charge in [-0.15, -0.1) is 0 Å². The van der Waals surface area contributed by atoms with E-state index in [1.54, 1.807) is 0 Å². The van der Waals surface area contributed by atoms with Crippen molar-refractivity contribution in [1.82, 2.24) is 10.2 Å². The smallest absolute Gasteiger partial charge is 0.221 e. The molecule has 0 spiro atoms. The Hall–Kier alpha value is -1.75.